The summed E-state index contributed by atoms with van der Waals surface area (Å²) >= 11 is 5.59. The first-order valence-corrected chi connectivity index (χ1v) is 5.22. The Hall–Kier alpha value is -1.55. The summed E-state index contributed by atoms with van der Waals surface area (Å²) < 4.78 is 13.1. The number of halogens is 2. The molecule has 2 N–H and O–H groups in total. The molecular formula is C11H11ClFN3. The Balaban J connectivity index is 2.05. The Bertz CT molecular complexity index is 496. The van der Waals surface area contributed by atoms with Crippen LogP contribution >= 0.6 is 11.6 Å². The lowest BCUT2D eigenvalue weighted by atomic mass is 10.2. The number of nitrogens with zero attached hydrogens (tertiary/aromatic N) is 1. The van der Waals surface area contributed by atoms with E-state index in [1.807, 2.05) is 6.92 Å². The number of aromatic nitrogens is 2. The van der Waals surface area contributed by atoms with Gasteiger partial charge in [0.05, 0.1) is 11.2 Å². The Labute approximate surface area is 97.6 Å². The number of rotatable bonds is 3. The minimum atomic E-state index is -0.421. The van der Waals surface area contributed by atoms with Crippen LogP contribution in [0.5, 0.6) is 0 Å². The number of nitrogens with one attached hydrogen (secondary N) is 2. The minimum absolute atomic E-state index is 0.130. The third-order valence-electron chi connectivity index (χ3n) is 2.34. The molecule has 16 heavy (non-hydrogen) atoms. The predicted octanol–water partition coefficient (Wildman–Crippen LogP) is 3.12. The molecule has 3 nitrogen and oxygen atoms in total. The largest absolute Gasteiger partial charge is 0.381 e. The molecule has 1 heterocycles. The molecule has 0 saturated carbocycles. The summed E-state index contributed by atoms with van der Waals surface area (Å²) in [6.07, 6.45) is 1.74. The molecule has 0 aliphatic carbocycles. The Morgan fingerprint density at radius 1 is 1.50 bits per heavy atom. The quantitative estimate of drug-likeness (QED) is 0.864. The number of hydrogen-bond donors (Lipinski definition) is 2. The number of aryl methyl sites for hydroxylation is 1. The highest BCUT2D eigenvalue weighted by Gasteiger charge is 2.02. The maximum atomic E-state index is 13.1. The van der Waals surface area contributed by atoms with E-state index in [1.165, 1.54) is 12.1 Å². The van der Waals surface area contributed by atoms with Crippen LogP contribution in [-0.2, 0) is 6.54 Å². The van der Waals surface area contributed by atoms with Gasteiger partial charge in [-0.1, -0.05) is 11.6 Å². The molecule has 0 radical (unpaired) electrons. The van der Waals surface area contributed by atoms with Crippen molar-refractivity contribution >= 4 is 17.3 Å². The van der Waals surface area contributed by atoms with E-state index >= 15 is 0 Å². The fourth-order valence-electron chi connectivity index (χ4n) is 1.36. The van der Waals surface area contributed by atoms with Crippen molar-refractivity contribution in [2.24, 2.45) is 0 Å². The number of H-pyrrole nitrogens is 1. The first-order valence-electron chi connectivity index (χ1n) is 4.84. The van der Waals surface area contributed by atoms with Crippen LogP contribution in [0.4, 0.5) is 10.1 Å². The third-order valence-corrected chi connectivity index (χ3v) is 2.64. The standard InChI is InChI=1S/C11H11ClFN3/c1-7-8(6-15-16-7)5-14-9-2-3-10(12)11(13)4-9/h2-4,6,14H,5H2,1H3,(H,15,16). The van der Waals surface area contributed by atoms with Crippen molar-refractivity contribution < 1.29 is 4.39 Å². The van der Waals surface area contributed by atoms with Crippen molar-refractivity contribution in [1.82, 2.24) is 10.2 Å². The average molecular weight is 240 g/mol. The molecule has 1 aromatic carbocycles. The van der Waals surface area contributed by atoms with Gasteiger partial charge in [-0.05, 0) is 25.1 Å². The molecule has 0 atom stereocenters. The van der Waals surface area contributed by atoms with Gasteiger partial charge in [0.25, 0.3) is 0 Å². The van der Waals surface area contributed by atoms with Crippen molar-refractivity contribution in [3.63, 3.8) is 0 Å². The fraction of sp³-hybridized carbons (Fsp3) is 0.182. The van der Waals surface area contributed by atoms with Crippen LogP contribution in [0.3, 0.4) is 0 Å². The highest BCUT2D eigenvalue weighted by Crippen LogP contribution is 2.19. The van der Waals surface area contributed by atoms with Gasteiger partial charge in [-0.25, -0.2) is 4.39 Å². The van der Waals surface area contributed by atoms with E-state index < -0.39 is 5.82 Å². The monoisotopic (exact) mass is 239 g/mol. The van der Waals surface area contributed by atoms with Crippen molar-refractivity contribution in [2.45, 2.75) is 13.5 Å². The van der Waals surface area contributed by atoms with E-state index in [1.54, 1.807) is 12.3 Å². The molecular weight excluding hydrogens is 229 g/mol. The maximum absolute atomic E-state index is 13.1. The summed E-state index contributed by atoms with van der Waals surface area (Å²) in [5, 5.41) is 9.97. The molecule has 2 rings (SSSR count). The van der Waals surface area contributed by atoms with Crippen LogP contribution in [-0.4, -0.2) is 10.2 Å². The van der Waals surface area contributed by atoms with Crippen LogP contribution < -0.4 is 5.32 Å². The van der Waals surface area contributed by atoms with Crippen molar-refractivity contribution in [3.8, 4) is 0 Å². The van der Waals surface area contributed by atoms with Gasteiger partial charge in [0, 0.05) is 23.5 Å². The van der Waals surface area contributed by atoms with Crippen LogP contribution in [0.2, 0.25) is 5.02 Å². The zero-order valence-corrected chi connectivity index (χ0v) is 9.48. The van der Waals surface area contributed by atoms with Gasteiger partial charge in [0.1, 0.15) is 5.82 Å². The van der Waals surface area contributed by atoms with Crippen molar-refractivity contribution in [3.05, 3.63) is 46.5 Å². The Morgan fingerprint density at radius 3 is 2.94 bits per heavy atom. The molecule has 0 aliphatic rings. The second-order valence-corrected chi connectivity index (χ2v) is 3.91. The Morgan fingerprint density at radius 2 is 2.31 bits per heavy atom. The predicted molar refractivity (Wildman–Crippen MR) is 62.1 cm³/mol. The van der Waals surface area contributed by atoms with Crippen LogP contribution in [0, 0.1) is 12.7 Å². The molecule has 0 aliphatic heterocycles. The van der Waals surface area contributed by atoms with Gasteiger partial charge in [-0.2, -0.15) is 5.10 Å². The van der Waals surface area contributed by atoms with E-state index in [9.17, 15) is 4.39 Å². The SMILES string of the molecule is Cc1[nH]ncc1CNc1ccc(Cl)c(F)c1. The van der Waals surface area contributed by atoms with Gasteiger partial charge in [0.15, 0.2) is 0 Å². The number of anilines is 1. The number of hydrogen-bond acceptors (Lipinski definition) is 2. The first kappa shape index (κ1) is 11.0. The van der Waals surface area contributed by atoms with Crippen LogP contribution in [0.1, 0.15) is 11.3 Å². The van der Waals surface area contributed by atoms with Gasteiger partial charge in [0.2, 0.25) is 0 Å². The summed E-state index contributed by atoms with van der Waals surface area (Å²) in [4.78, 5) is 0. The lowest BCUT2D eigenvalue weighted by Gasteiger charge is -2.06. The molecule has 5 heteroatoms. The molecule has 0 unspecified atom stereocenters. The number of benzene rings is 1. The van der Waals surface area contributed by atoms with E-state index in [0.29, 0.717) is 12.2 Å². The van der Waals surface area contributed by atoms with Crippen LogP contribution in [0.15, 0.2) is 24.4 Å². The summed E-state index contributed by atoms with van der Waals surface area (Å²) in [5.41, 5.74) is 2.75. The zero-order valence-electron chi connectivity index (χ0n) is 8.72. The second kappa shape index (κ2) is 4.53. The highest BCUT2D eigenvalue weighted by atomic mass is 35.5. The molecule has 2 aromatic rings. The van der Waals surface area contributed by atoms with Crippen LogP contribution in [0.25, 0.3) is 0 Å². The molecule has 0 saturated heterocycles. The highest BCUT2D eigenvalue weighted by molar-refractivity contribution is 6.30. The fourth-order valence-corrected chi connectivity index (χ4v) is 1.47. The molecule has 0 spiro atoms. The normalized spacial score (nSPS) is 10.4. The molecule has 0 amide bonds. The average Bonchev–Trinajstić information content (AvgIpc) is 2.66. The van der Waals surface area contributed by atoms with Gasteiger partial charge in [-0.15, -0.1) is 0 Å². The maximum Gasteiger partial charge on any atom is 0.143 e. The summed E-state index contributed by atoms with van der Waals surface area (Å²) in [7, 11) is 0. The van der Waals surface area contributed by atoms with Gasteiger partial charge < -0.3 is 5.32 Å². The lowest BCUT2D eigenvalue weighted by Crippen LogP contribution is -2.00. The summed E-state index contributed by atoms with van der Waals surface area (Å²) in [5.74, 6) is -0.421. The lowest BCUT2D eigenvalue weighted by molar-refractivity contribution is 0.628. The summed E-state index contributed by atoms with van der Waals surface area (Å²) in [6.45, 7) is 2.54. The second-order valence-electron chi connectivity index (χ2n) is 3.50. The van der Waals surface area contributed by atoms with Gasteiger partial charge >= 0.3 is 0 Å². The Kier molecular flexibility index (Phi) is 3.10. The molecule has 0 fully saturated rings. The van der Waals surface area contributed by atoms with E-state index in [4.69, 9.17) is 11.6 Å². The summed E-state index contributed by atoms with van der Waals surface area (Å²) in [6, 6.07) is 4.64. The molecule has 1 aromatic heterocycles. The third kappa shape index (κ3) is 2.33. The molecule has 0 bridgehead atoms. The topological polar surface area (TPSA) is 40.7 Å². The zero-order chi connectivity index (χ0) is 11.5. The minimum Gasteiger partial charge on any atom is -0.381 e. The van der Waals surface area contributed by atoms with E-state index in [0.717, 1.165) is 11.3 Å². The number of aromatic amines is 1. The smallest absolute Gasteiger partial charge is 0.143 e. The van der Waals surface area contributed by atoms with Gasteiger partial charge in [-0.3, -0.25) is 5.10 Å². The van der Waals surface area contributed by atoms with Crippen molar-refractivity contribution in [1.29, 1.82) is 0 Å². The van der Waals surface area contributed by atoms with E-state index in [2.05, 4.69) is 15.5 Å². The van der Waals surface area contributed by atoms with Crippen molar-refractivity contribution in [2.75, 3.05) is 5.32 Å². The van der Waals surface area contributed by atoms with E-state index in [-0.39, 0.29) is 5.02 Å². The molecule has 84 valence electrons. The first-order chi connectivity index (χ1) is 7.66.